The number of aromatic nitrogens is 3. The Morgan fingerprint density at radius 1 is 1.11 bits per heavy atom. The van der Waals surface area contributed by atoms with Crippen molar-refractivity contribution in [1.82, 2.24) is 14.8 Å². The number of nitrogens with zero attached hydrogens (tertiary/aromatic N) is 4. The summed E-state index contributed by atoms with van der Waals surface area (Å²) < 4.78 is 6.87. The standard InChI is InChI=1S/C27H28N4O4/c1-4-35-23(33)14-16-27-15-13-22(32)30(27)21-8-6-5-7-20(21)25-28-26(34)24(29-31(25)27)19-11-9-18(10-12-19)17(2)3/h5-12,17H,4,13-16H2,1-3H3. The molecule has 1 aromatic heterocycles. The molecule has 2 aliphatic heterocycles. The number of carbonyl (C=O) groups is 2. The van der Waals surface area contributed by atoms with Crippen molar-refractivity contribution in [1.29, 1.82) is 0 Å². The van der Waals surface area contributed by atoms with E-state index in [4.69, 9.17) is 9.84 Å². The molecule has 0 N–H and O–H groups in total. The summed E-state index contributed by atoms with van der Waals surface area (Å²) in [7, 11) is 0. The van der Waals surface area contributed by atoms with E-state index in [1.807, 2.05) is 48.5 Å². The maximum absolute atomic E-state index is 13.2. The lowest BCUT2D eigenvalue weighted by Gasteiger charge is -2.44. The average Bonchev–Trinajstić information content (AvgIpc) is 3.20. The number of rotatable bonds is 6. The minimum Gasteiger partial charge on any atom is -0.466 e. The van der Waals surface area contributed by atoms with Crippen LogP contribution in [-0.2, 0) is 20.0 Å². The Kier molecular flexibility index (Phi) is 5.75. The van der Waals surface area contributed by atoms with Crippen molar-refractivity contribution >= 4 is 17.6 Å². The smallest absolute Gasteiger partial charge is 0.305 e. The van der Waals surface area contributed by atoms with Gasteiger partial charge in [-0.2, -0.15) is 10.1 Å². The van der Waals surface area contributed by atoms with Crippen molar-refractivity contribution in [2.75, 3.05) is 11.5 Å². The Labute approximate surface area is 203 Å². The van der Waals surface area contributed by atoms with Gasteiger partial charge in [0.15, 0.2) is 11.5 Å². The quantitative estimate of drug-likeness (QED) is 0.498. The molecule has 1 amide bonds. The van der Waals surface area contributed by atoms with Gasteiger partial charge < -0.3 is 4.74 Å². The van der Waals surface area contributed by atoms with Crippen molar-refractivity contribution in [2.24, 2.45) is 0 Å². The van der Waals surface area contributed by atoms with Crippen LogP contribution in [0.1, 0.15) is 57.9 Å². The third-order valence-corrected chi connectivity index (χ3v) is 6.88. The van der Waals surface area contributed by atoms with Crippen molar-refractivity contribution < 1.29 is 14.3 Å². The van der Waals surface area contributed by atoms with E-state index in [1.165, 1.54) is 0 Å². The van der Waals surface area contributed by atoms with E-state index in [0.29, 0.717) is 47.8 Å². The van der Waals surface area contributed by atoms with Crippen LogP contribution < -0.4 is 10.5 Å². The molecule has 1 fully saturated rings. The van der Waals surface area contributed by atoms with Gasteiger partial charge in [-0.15, -0.1) is 0 Å². The first-order valence-electron chi connectivity index (χ1n) is 12.1. The highest BCUT2D eigenvalue weighted by atomic mass is 16.5. The highest BCUT2D eigenvalue weighted by molar-refractivity contribution is 6.01. The Hall–Kier alpha value is -3.81. The van der Waals surface area contributed by atoms with Crippen LogP contribution in [0.4, 0.5) is 5.69 Å². The molecule has 180 valence electrons. The van der Waals surface area contributed by atoms with Gasteiger partial charge in [0.05, 0.1) is 12.3 Å². The zero-order chi connectivity index (χ0) is 24.7. The molecule has 8 heteroatoms. The topological polar surface area (TPSA) is 94.4 Å². The Morgan fingerprint density at radius 2 is 1.86 bits per heavy atom. The Bertz CT molecular complexity index is 1360. The summed E-state index contributed by atoms with van der Waals surface area (Å²) in [6.07, 6.45) is 1.19. The summed E-state index contributed by atoms with van der Waals surface area (Å²) >= 11 is 0. The minimum absolute atomic E-state index is 0.0460. The molecule has 0 bridgehead atoms. The fraction of sp³-hybridized carbons (Fsp3) is 0.370. The number of hydrogen-bond donors (Lipinski definition) is 0. The number of hydrogen-bond acceptors (Lipinski definition) is 6. The molecule has 8 nitrogen and oxygen atoms in total. The second-order valence-electron chi connectivity index (χ2n) is 9.31. The number of amides is 1. The first kappa shape index (κ1) is 23.0. The SMILES string of the molecule is CCOC(=O)CCC12CCC(=O)N1c1ccccc1-c1nc(=O)c(-c3ccc(C(C)C)cc3)nn12. The van der Waals surface area contributed by atoms with Crippen LogP contribution in [0.5, 0.6) is 0 Å². The van der Waals surface area contributed by atoms with Gasteiger partial charge in [0, 0.05) is 36.8 Å². The molecule has 3 heterocycles. The molecule has 5 rings (SSSR count). The van der Waals surface area contributed by atoms with Gasteiger partial charge in [-0.05, 0) is 30.5 Å². The molecule has 0 aliphatic carbocycles. The van der Waals surface area contributed by atoms with Gasteiger partial charge in [0.2, 0.25) is 5.91 Å². The number of ether oxygens (including phenoxy) is 1. The lowest BCUT2D eigenvalue weighted by molar-refractivity contribution is -0.143. The van der Waals surface area contributed by atoms with Gasteiger partial charge in [-0.3, -0.25) is 19.3 Å². The normalized spacial score (nSPS) is 18.3. The maximum Gasteiger partial charge on any atom is 0.305 e. The molecule has 0 saturated carbocycles. The van der Waals surface area contributed by atoms with Crippen molar-refractivity contribution in [3.63, 3.8) is 0 Å². The fourth-order valence-electron chi connectivity index (χ4n) is 5.12. The number of carbonyl (C=O) groups excluding carboxylic acids is 2. The van der Waals surface area contributed by atoms with Crippen molar-refractivity contribution in [3.05, 3.63) is 64.4 Å². The molecule has 0 spiro atoms. The van der Waals surface area contributed by atoms with E-state index < -0.39 is 11.2 Å². The number of benzene rings is 2. The molecule has 2 aromatic carbocycles. The summed E-state index contributed by atoms with van der Waals surface area (Å²) in [6.45, 7) is 6.27. The molecular formula is C27H28N4O4. The van der Waals surface area contributed by atoms with Gasteiger partial charge >= 0.3 is 5.97 Å². The van der Waals surface area contributed by atoms with E-state index in [0.717, 1.165) is 5.56 Å². The van der Waals surface area contributed by atoms with Crippen LogP contribution in [0.3, 0.4) is 0 Å². The van der Waals surface area contributed by atoms with Gasteiger partial charge in [0.1, 0.15) is 5.66 Å². The van der Waals surface area contributed by atoms with Gasteiger partial charge in [0.25, 0.3) is 5.56 Å². The summed E-state index contributed by atoms with van der Waals surface area (Å²) in [5.74, 6) is 0.388. The van der Waals surface area contributed by atoms with Gasteiger partial charge in [-0.25, -0.2) is 4.68 Å². The summed E-state index contributed by atoms with van der Waals surface area (Å²) in [5, 5.41) is 4.83. The van der Waals surface area contributed by atoms with Crippen molar-refractivity contribution in [3.8, 4) is 22.6 Å². The number of anilines is 1. The highest BCUT2D eigenvalue weighted by Gasteiger charge is 2.53. The zero-order valence-corrected chi connectivity index (χ0v) is 20.2. The molecule has 35 heavy (non-hydrogen) atoms. The zero-order valence-electron chi connectivity index (χ0n) is 20.2. The predicted octanol–water partition coefficient (Wildman–Crippen LogP) is 4.23. The third-order valence-electron chi connectivity index (χ3n) is 6.88. The van der Waals surface area contributed by atoms with Gasteiger partial charge in [-0.1, -0.05) is 50.2 Å². The van der Waals surface area contributed by atoms with Crippen LogP contribution in [-0.4, -0.2) is 33.2 Å². The van der Waals surface area contributed by atoms with E-state index >= 15 is 0 Å². The highest BCUT2D eigenvalue weighted by Crippen LogP contribution is 2.49. The van der Waals surface area contributed by atoms with E-state index in [9.17, 15) is 14.4 Å². The largest absolute Gasteiger partial charge is 0.466 e. The number of fused-ring (bicyclic) bond motifs is 6. The first-order valence-corrected chi connectivity index (χ1v) is 12.1. The maximum atomic E-state index is 13.2. The first-order chi connectivity index (χ1) is 16.9. The second kappa shape index (κ2) is 8.76. The number of para-hydroxylation sites is 1. The number of esters is 1. The second-order valence-corrected chi connectivity index (χ2v) is 9.31. The molecule has 3 aromatic rings. The summed E-state index contributed by atoms with van der Waals surface area (Å²) in [6, 6.07) is 15.1. The molecule has 1 unspecified atom stereocenters. The van der Waals surface area contributed by atoms with Crippen LogP contribution in [0, 0.1) is 0 Å². The lowest BCUT2D eigenvalue weighted by atomic mass is 9.95. The van der Waals surface area contributed by atoms with E-state index in [2.05, 4.69) is 18.8 Å². The van der Waals surface area contributed by atoms with Crippen LogP contribution >= 0.6 is 0 Å². The predicted molar refractivity (Wildman–Crippen MR) is 132 cm³/mol. The summed E-state index contributed by atoms with van der Waals surface area (Å²) in [4.78, 5) is 44.9. The minimum atomic E-state index is -0.944. The molecule has 1 saturated heterocycles. The molecule has 0 radical (unpaired) electrons. The Morgan fingerprint density at radius 3 is 2.57 bits per heavy atom. The lowest BCUT2D eigenvalue weighted by Crippen LogP contribution is -2.53. The Balaban J connectivity index is 1.70. The van der Waals surface area contributed by atoms with Crippen LogP contribution in [0.15, 0.2) is 53.3 Å². The average molecular weight is 473 g/mol. The molecular weight excluding hydrogens is 444 g/mol. The molecule has 1 atom stereocenters. The van der Waals surface area contributed by atoms with Crippen molar-refractivity contribution in [2.45, 2.75) is 58.0 Å². The van der Waals surface area contributed by atoms with Crippen LogP contribution in [0.25, 0.3) is 22.6 Å². The third kappa shape index (κ3) is 3.73. The van der Waals surface area contributed by atoms with E-state index in [-0.39, 0.29) is 30.6 Å². The molecule has 2 aliphatic rings. The fourth-order valence-corrected chi connectivity index (χ4v) is 5.12. The van der Waals surface area contributed by atoms with Crippen LogP contribution in [0.2, 0.25) is 0 Å². The summed E-state index contributed by atoms with van der Waals surface area (Å²) in [5.41, 5.74) is 2.02. The monoisotopic (exact) mass is 472 g/mol. The van der Waals surface area contributed by atoms with E-state index in [1.54, 1.807) is 16.5 Å².